The lowest BCUT2D eigenvalue weighted by Gasteiger charge is -2.05. The number of aryl methyl sites for hydroxylation is 1. The van der Waals surface area contributed by atoms with Gasteiger partial charge in [0.2, 0.25) is 0 Å². The van der Waals surface area contributed by atoms with Crippen molar-refractivity contribution in [3.63, 3.8) is 0 Å². The van der Waals surface area contributed by atoms with E-state index in [1.54, 1.807) is 12.1 Å². The minimum Gasteiger partial charge on any atom is -0.465 e. The zero-order valence-electron chi connectivity index (χ0n) is 9.67. The highest BCUT2D eigenvalue weighted by atomic mass is 35.5. The molecule has 1 heterocycles. The van der Waals surface area contributed by atoms with Crippen molar-refractivity contribution in [1.29, 1.82) is 0 Å². The van der Waals surface area contributed by atoms with E-state index >= 15 is 0 Å². The number of hydrogen-bond donors (Lipinski definition) is 1. The van der Waals surface area contributed by atoms with E-state index in [4.69, 9.17) is 16.0 Å². The molecule has 3 nitrogen and oxygen atoms in total. The van der Waals surface area contributed by atoms with Crippen LogP contribution in [0.15, 0.2) is 34.7 Å². The Kier molecular flexibility index (Phi) is 3.67. The van der Waals surface area contributed by atoms with Gasteiger partial charge in [0, 0.05) is 5.02 Å². The molecular formula is C13H11ClFNO2. The second kappa shape index (κ2) is 5.23. The van der Waals surface area contributed by atoms with E-state index in [2.05, 4.69) is 5.32 Å². The monoisotopic (exact) mass is 267 g/mol. The van der Waals surface area contributed by atoms with Crippen LogP contribution < -0.4 is 5.32 Å². The molecule has 0 radical (unpaired) electrons. The molecule has 2 aromatic rings. The van der Waals surface area contributed by atoms with Gasteiger partial charge in [-0.3, -0.25) is 4.79 Å². The smallest absolute Gasteiger partial charge is 0.254 e. The van der Waals surface area contributed by atoms with E-state index in [0.29, 0.717) is 10.8 Å². The van der Waals surface area contributed by atoms with Crippen LogP contribution in [0.3, 0.4) is 0 Å². The quantitative estimate of drug-likeness (QED) is 0.927. The average molecular weight is 268 g/mol. The molecule has 0 spiro atoms. The molecule has 0 aliphatic carbocycles. The maximum absolute atomic E-state index is 13.4. The number of nitrogens with one attached hydrogen (secondary N) is 1. The van der Waals surface area contributed by atoms with Gasteiger partial charge in [-0.25, -0.2) is 4.39 Å². The van der Waals surface area contributed by atoms with Gasteiger partial charge in [0.1, 0.15) is 17.3 Å². The van der Waals surface area contributed by atoms with Gasteiger partial charge in [0.15, 0.2) is 0 Å². The number of hydrogen-bond acceptors (Lipinski definition) is 2. The molecule has 18 heavy (non-hydrogen) atoms. The Bertz CT molecular complexity index is 580. The van der Waals surface area contributed by atoms with Crippen LogP contribution >= 0.6 is 11.6 Å². The van der Waals surface area contributed by atoms with E-state index in [0.717, 1.165) is 11.8 Å². The number of halogens is 2. The third-order valence-corrected chi connectivity index (χ3v) is 2.63. The Balaban J connectivity index is 2.05. The largest absolute Gasteiger partial charge is 0.465 e. The minimum absolute atomic E-state index is 0.0780. The highest BCUT2D eigenvalue weighted by Gasteiger charge is 2.12. The van der Waals surface area contributed by atoms with Crippen molar-refractivity contribution in [2.45, 2.75) is 13.5 Å². The third kappa shape index (κ3) is 2.90. The Labute approximate surface area is 109 Å². The second-order valence-corrected chi connectivity index (χ2v) is 4.26. The summed E-state index contributed by atoms with van der Waals surface area (Å²) in [6.07, 6.45) is 0. The lowest BCUT2D eigenvalue weighted by Crippen LogP contribution is -2.23. The number of benzene rings is 1. The van der Waals surface area contributed by atoms with Crippen LogP contribution in [-0.4, -0.2) is 5.91 Å². The molecule has 1 aromatic carbocycles. The molecule has 5 heteroatoms. The number of rotatable bonds is 3. The number of carbonyl (C=O) groups is 1. The van der Waals surface area contributed by atoms with Gasteiger partial charge in [0.25, 0.3) is 5.91 Å². The number of furan rings is 1. The predicted octanol–water partition coefficient (Wildman–Crippen LogP) is 3.31. The molecule has 1 N–H and O–H groups in total. The Morgan fingerprint density at radius 1 is 1.39 bits per heavy atom. The maximum atomic E-state index is 13.4. The summed E-state index contributed by atoms with van der Waals surface area (Å²) in [7, 11) is 0. The zero-order chi connectivity index (χ0) is 13.1. The Morgan fingerprint density at radius 3 is 2.83 bits per heavy atom. The summed E-state index contributed by atoms with van der Waals surface area (Å²) in [4.78, 5) is 11.7. The maximum Gasteiger partial charge on any atom is 0.254 e. The highest BCUT2D eigenvalue weighted by molar-refractivity contribution is 6.30. The van der Waals surface area contributed by atoms with E-state index in [9.17, 15) is 9.18 Å². The summed E-state index contributed by atoms with van der Waals surface area (Å²) in [5, 5.41) is 2.88. The normalized spacial score (nSPS) is 10.4. The molecule has 0 bridgehead atoms. The van der Waals surface area contributed by atoms with Crippen LogP contribution in [-0.2, 0) is 6.54 Å². The molecule has 0 atom stereocenters. The van der Waals surface area contributed by atoms with E-state index in [-0.39, 0.29) is 12.1 Å². The molecule has 0 unspecified atom stereocenters. The fourth-order valence-electron chi connectivity index (χ4n) is 1.51. The lowest BCUT2D eigenvalue weighted by atomic mass is 10.2. The van der Waals surface area contributed by atoms with Crippen molar-refractivity contribution in [1.82, 2.24) is 5.32 Å². The molecule has 1 aromatic heterocycles. The molecule has 2 rings (SSSR count). The van der Waals surface area contributed by atoms with Gasteiger partial charge >= 0.3 is 0 Å². The van der Waals surface area contributed by atoms with Crippen LogP contribution in [0, 0.1) is 12.7 Å². The predicted molar refractivity (Wildman–Crippen MR) is 66.0 cm³/mol. The van der Waals surface area contributed by atoms with Crippen molar-refractivity contribution in [2.24, 2.45) is 0 Å². The van der Waals surface area contributed by atoms with Crippen molar-refractivity contribution in [3.8, 4) is 0 Å². The van der Waals surface area contributed by atoms with Gasteiger partial charge in [-0.2, -0.15) is 0 Å². The molecule has 1 amide bonds. The molecule has 0 fully saturated rings. The highest BCUT2D eigenvalue weighted by Crippen LogP contribution is 2.15. The SMILES string of the molecule is Cc1ccc(CNC(=O)c2cc(Cl)ccc2F)o1. The number of amides is 1. The summed E-state index contributed by atoms with van der Waals surface area (Å²) in [5.41, 5.74) is -0.0780. The van der Waals surface area contributed by atoms with E-state index < -0.39 is 11.7 Å². The fourth-order valence-corrected chi connectivity index (χ4v) is 1.69. The van der Waals surface area contributed by atoms with Gasteiger partial charge < -0.3 is 9.73 Å². The van der Waals surface area contributed by atoms with Crippen molar-refractivity contribution in [2.75, 3.05) is 0 Å². The molecule has 0 saturated carbocycles. The van der Waals surface area contributed by atoms with Gasteiger partial charge in [-0.15, -0.1) is 0 Å². The van der Waals surface area contributed by atoms with Crippen molar-refractivity contribution >= 4 is 17.5 Å². The van der Waals surface area contributed by atoms with Gasteiger partial charge in [0.05, 0.1) is 12.1 Å². The Morgan fingerprint density at radius 2 is 2.17 bits per heavy atom. The van der Waals surface area contributed by atoms with E-state index in [1.807, 2.05) is 6.92 Å². The van der Waals surface area contributed by atoms with E-state index in [1.165, 1.54) is 12.1 Å². The van der Waals surface area contributed by atoms with Crippen molar-refractivity contribution in [3.05, 3.63) is 58.3 Å². The van der Waals surface area contributed by atoms with Crippen molar-refractivity contribution < 1.29 is 13.6 Å². The first-order chi connectivity index (χ1) is 8.56. The van der Waals surface area contributed by atoms with Crippen LogP contribution in [0.5, 0.6) is 0 Å². The first-order valence-electron chi connectivity index (χ1n) is 5.35. The van der Waals surface area contributed by atoms with Gasteiger partial charge in [-0.05, 0) is 37.3 Å². The summed E-state index contributed by atoms with van der Waals surface area (Å²) in [6, 6.07) is 7.39. The number of carbonyl (C=O) groups excluding carboxylic acids is 1. The summed E-state index contributed by atoms with van der Waals surface area (Å²) in [5.74, 6) is 0.244. The first-order valence-corrected chi connectivity index (χ1v) is 5.72. The summed E-state index contributed by atoms with van der Waals surface area (Å²) in [6.45, 7) is 2.01. The van der Waals surface area contributed by atoms with Crippen LogP contribution in [0.25, 0.3) is 0 Å². The standard InChI is InChI=1S/C13H11ClFNO2/c1-8-2-4-10(18-8)7-16-13(17)11-6-9(14)3-5-12(11)15/h2-6H,7H2,1H3,(H,16,17). The summed E-state index contributed by atoms with van der Waals surface area (Å²) < 4.78 is 18.7. The first kappa shape index (κ1) is 12.6. The molecule has 0 aliphatic rings. The van der Waals surface area contributed by atoms with Gasteiger partial charge in [-0.1, -0.05) is 11.6 Å². The molecule has 0 saturated heterocycles. The van der Waals surface area contributed by atoms with Crippen LogP contribution in [0.2, 0.25) is 5.02 Å². The zero-order valence-corrected chi connectivity index (χ0v) is 10.4. The molecule has 94 valence electrons. The van der Waals surface area contributed by atoms with Crippen LogP contribution in [0.1, 0.15) is 21.9 Å². The lowest BCUT2D eigenvalue weighted by molar-refractivity contribution is 0.0944. The molecular weight excluding hydrogens is 257 g/mol. The minimum atomic E-state index is -0.604. The fraction of sp³-hybridized carbons (Fsp3) is 0.154. The third-order valence-electron chi connectivity index (χ3n) is 2.39. The molecule has 0 aliphatic heterocycles. The average Bonchev–Trinajstić information content (AvgIpc) is 2.75. The second-order valence-electron chi connectivity index (χ2n) is 3.82. The Hall–Kier alpha value is -1.81. The van der Waals surface area contributed by atoms with Crippen LogP contribution in [0.4, 0.5) is 4.39 Å². The topological polar surface area (TPSA) is 42.2 Å². The summed E-state index contributed by atoms with van der Waals surface area (Å²) >= 11 is 5.72.